The van der Waals surface area contributed by atoms with Crippen molar-refractivity contribution in [3.05, 3.63) is 40.9 Å². The summed E-state index contributed by atoms with van der Waals surface area (Å²) in [4.78, 5) is 51.9. The highest BCUT2D eigenvalue weighted by atomic mass is 35.5. The molecule has 1 fully saturated rings. The number of allylic oxidation sites excluding steroid dienone is 2. The number of ether oxygens (including phenoxy) is 1. The fourth-order valence-corrected chi connectivity index (χ4v) is 4.17. The van der Waals surface area contributed by atoms with E-state index in [9.17, 15) is 19.2 Å². The number of anilines is 1. The van der Waals surface area contributed by atoms with Crippen molar-refractivity contribution in [1.82, 2.24) is 4.90 Å². The fourth-order valence-electron chi connectivity index (χ4n) is 3.99. The zero-order chi connectivity index (χ0) is 22.7. The molecule has 0 bridgehead atoms. The lowest BCUT2D eigenvalue weighted by Gasteiger charge is -2.26. The molecule has 0 saturated carbocycles. The Morgan fingerprint density at radius 3 is 2.32 bits per heavy atom. The lowest BCUT2D eigenvalue weighted by Crippen LogP contribution is -2.47. The van der Waals surface area contributed by atoms with Crippen molar-refractivity contribution in [3.63, 3.8) is 0 Å². The van der Waals surface area contributed by atoms with E-state index in [-0.39, 0.29) is 24.2 Å². The number of carbonyl (C=O) groups is 4. The standard InChI is InChI=1S/C23H27ClN2O5/c1-13(2)10-19(26-21(28)16-6-4-5-7-17(16)22(26)29)23(30)31-12-20(27)25-15-9-8-14(3)18(24)11-15/h4-5,8-9,11,13,16-17,19H,6-7,10,12H2,1-3H3,(H,25,27). The molecule has 3 amide bonds. The molecule has 1 heterocycles. The van der Waals surface area contributed by atoms with Gasteiger partial charge in [-0.25, -0.2) is 4.79 Å². The second-order valence-corrected chi connectivity index (χ2v) is 8.87. The Bertz CT molecular complexity index is 901. The van der Waals surface area contributed by atoms with Gasteiger partial charge in [-0.05, 0) is 49.8 Å². The van der Waals surface area contributed by atoms with Gasteiger partial charge in [-0.1, -0.05) is 43.7 Å². The van der Waals surface area contributed by atoms with E-state index in [1.165, 1.54) is 0 Å². The number of likely N-dealkylation sites (tertiary alicyclic amines) is 1. The van der Waals surface area contributed by atoms with Crippen molar-refractivity contribution in [1.29, 1.82) is 0 Å². The minimum Gasteiger partial charge on any atom is -0.454 e. The molecule has 2 aliphatic rings. The number of esters is 1. The highest BCUT2D eigenvalue weighted by molar-refractivity contribution is 6.31. The molecule has 166 valence electrons. The van der Waals surface area contributed by atoms with E-state index >= 15 is 0 Å². The second kappa shape index (κ2) is 9.64. The molecule has 3 unspecified atom stereocenters. The highest BCUT2D eigenvalue weighted by Gasteiger charge is 2.51. The quantitative estimate of drug-likeness (QED) is 0.393. The summed E-state index contributed by atoms with van der Waals surface area (Å²) in [7, 11) is 0. The van der Waals surface area contributed by atoms with Crippen LogP contribution in [0, 0.1) is 24.7 Å². The number of nitrogens with zero attached hydrogens (tertiary/aromatic N) is 1. The number of fused-ring (bicyclic) bond motifs is 1. The molecular formula is C23H27ClN2O5. The number of hydrogen-bond acceptors (Lipinski definition) is 5. The van der Waals surface area contributed by atoms with E-state index < -0.39 is 36.4 Å². The van der Waals surface area contributed by atoms with E-state index in [1.54, 1.807) is 18.2 Å². The fraction of sp³-hybridized carbons (Fsp3) is 0.478. The van der Waals surface area contributed by atoms with E-state index in [2.05, 4.69) is 5.32 Å². The van der Waals surface area contributed by atoms with Gasteiger partial charge in [0.1, 0.15) is 6.04 Å². The highest BCUT2D eigenvalue weighted by Crippen LogP contribution is 2.37. The van der Waals surface area contributed by atoms with Gasteiger partial charge < -0.3 is 10.1 Å². The van der Waals surface area contributed by atoms with Crippen molar-refractivity contribution in [2.45, 2.75) is 46.1 Å². The summed E-state index contributed by atoms with van der Waals surface area (Å²) in [5.74, 6) is -2.75. The Morgan fingerprint density at radius 1 is 1.16 bits per heavy atom. The predicted molar refractivity (Wildman–Crippen MR) is 116 cm³/mol. The monoisotopic (exact) mass is 446 g/mol. The topological polar surface area (TPSA) is 92.8 Å². The van der Waals surface area contributed by atoms with Crippen LogP contribution in [0.1, 0.15) is 38.7 Å². The predicted octanol–water partition coefficient (Wildman–Crippen LogP) is 3.50. The van der Waals surface area contributed by atoms with Gasteiger partial charge in [-0.15, -0.1) is 0 Å². The van der Waals surface area contributed by atoms with E-state index in [4.69, 9.17) is 16.3 Å². The first kappa shape index (κ1) is 23.0. The number of rotatable bonds is 7. The third-order valence-corrected chi connectivity index (χ3v) is 6.03. The minimum atomic E-state index is -1.03. The molecule has 31 heavy (non-hydrogen) atoms. The molecule has 1 aromatic rings. The minimum absolute atomic E-state index is 0.0439. The van der Waals surface area contributed by atoms with Gasteiger partial charge in [0.15, 0.2) is 6.61 Å². The summed E-state index contributed by atoms with van der Waals surface area (Å²) in [6.07, 6.45) is 5.06. The van der Waals surface area contributed by atoms with Crippen molar-refractivity contribution in [2.75, 3.05) is 11.9 Å². The molecule has 0 radical (unpaired) electrons. The van der Waals surface area contributed by atoms with Crippen LogP contribution in [0.25, 0.3) is 0 Å². The van der Waals surface area contributed by atoms with Gasteiger partial charge in [0.25, 0.3) is 5.91 Å². The maximum atomic E-state index is 12.9. The first-order chi connectivity index (χ1) is 14.7. The molecule has 1 aliphatic heterocycles. The lowest BCUT2D eigenvalue weighted by molar-refractivity contribution is -0.160. The van der Waals surface area contributed by atoms with E-state index in [0.717, 1.165) is 10.5 Å². The van der Waals surface area contributed by atoms with Gasteiger partial charge in [-0.3, -0.25) is 19.3 Å². The smallest absolute Gasteiger partial charge is 0.329 e. The molecule has 7 nitrogen and oxygen atoms in total. The van der Waals surface area contributed by atoms with Gasteiger partial charge in [0.2, 0.25) is 11.8 Å². The average molecular weight is 447 g/mol. The number of carbonyl (C=O) groups excluding carboxylic acids is 4. The van der Waals surface area contributed by atoms with Crippen molar-refractivity contribution >= 4 is 41.0 Å². The summed E-state index contributed by atoms with van der Waals surface area (Å²) >= 11 is 6.06. The van der Waals surface area contributed by atoms with Gasteiger partial charge in [0, 0.05) is 10.7 Å². The summed E-state index contributed by atoms with van der Waals surface area (Å²) < 4.78 is 5.21. The number of nitrogens with one attached hydrogen (secondary N) is 1. The zero-order valence-corrected chi connectivity index (χ0v) is 18.6. The maximum Gasteiger partial charge on any atom is 0.329 e. The van der Waals surface area contributed by atoms with Crippen LogP contribution in [0.3, 0.4) is 0 Å². The Hall–Kier alpha value is -2.67. The van der Waals surface area contributed by atoms with Crippen LogP contribution in [0.5, 0.6) is 0 Å². The Balaban J connectivity index is 1.66. The van der Waals surface area contributed by atoms with Gasteiger partial charge in [-0.2, -0.15) is 0 Å². The first-order valence-corrected chi connectivity index (χ1v) is 10.8. The van der Waals surface area contributed by atoms with Crippen LogP contribution in [0.4, 0.5) is 5.69 Å². The number of imide groups is 1. The van der Waals surface area contributed by atoms with Gasteiger partial charge >= 0.3 is 5.97 Å². The second-order valence-electron chi connectivity index (χ2n) is 8.47. The van der Waals surface area contributed by atoms with Gasteiger partial charge in [0.05, 0.1) is 11.8 Å². The number of benzene rings is 1. The van der Waals surface area contributed by atoms with Crippen LogP contribution in [0.15, 0.2) is 30.4 Å². The first-order valence-electron chi connectivity index (χ1n) is 10.4. The van der Waals surface area contributed by atoms with E-state index in [0.29, 0.717) is 23.6 Å². The summed E-state index contributed by atoms with van der Waals surface area (Å²) in [6, 6.07) is 4.03. The molecule has 8 heteroatoms. The molecule has 0 spiro atoms. The lowest BCUT2D eigenvalue weighted by atomic mass is 9.85. The van der Waals surface area contributed by atoms with E-state index in [1.807, 2.05) is 32.9 Å². The molecule has 0 aromatic heterocycles. The zero-order valence-electron chi connectivity index (χ0n) is 17.9. The maximum absolute atomic E-state index is 12.9. The summed E-state index contributed by atoms with van der Waals surface area (Å²) in [6.45, 7) is 5.11. The van der Waals surface area contributed by atoms with Crippen LogP contribution >= 0.6 is 11.6 Å². The van der Waals surface area contributed by atoms with Crippen LogP contribution in [0.2, 0.25) is 5.02 Å². The number of halogens is 1. The Morgan fingerprint density at radius 2 is 1.77 bits per heavy atom. The molecule has 1 saturated heterocycles. The third kappa shape index (κ3) is 5.15. The number of hydrogen-bond donors (Lipinski definition) is 1. The van der Waals surface area contributed by atoms with Crippen molar-refractivity contribution in [3.8, 4) is 0 Å². The van der Waals surface area contributed by atoms with Crippen LogP contribution in [-0.4, -0.2) is 41.2 Å². The van der Waals surface area contributed by atoms with Crippen LogP contribution < -0.4 is 5.32 Å². The largest absolute Gasteiger partial charge is 0.454 e. The van der Waals surface area contributed by atoms with Crippen LogP contribution in [-0.2, 0) is 23.9 Å². The normalized spacial score (nSPS) is 21.3. The summed E-state index contributed by atoms with van der Waals surface area (Å²) in [5, 5.41) is 3.12. The molecular weight excluding hydrogens is 420 g/mol. The molecule has 1 aliphatic carbocycles. The summed E-state index contributed by atoms with van der Waals surface area (Å²) in [5.41, 5.74) is 1.36. The SMILES string of the molecule is Cc1ccc(NC(=O)COC(=O)C(CC(C)C)N2C(=O)C3CC=CCC3C2=O)cc1Cl. The third-order valence-electron chi connectivity index (χ3n) is 5.62. The Kier molecular flexibility index (Phi) is 7.15. The van der Waals surface area contributed by atoms with Crippen molar-refractivity contribution < 1.29 is 23.9 Å². The average Bonchev–Trinajstić information content (AvgIpc) is 2.98. The number of aryl methyl sites for hydroxylation is 1. The molecule has 3 atom stereocenters. The Labute approximate surface area is 186 Å². The number of amides is 3. The molecule has 1 aromatic carbocycles. The molecule has 1 N–H and O–H groups in total. The molecule has 3 rings (SSSR count). The van der Waals surface area contributed by atoms with Crippen molar-refractivity contribution in [2.24, 2.45) is 17.8 Å².